The molecule has 1 unspecified atom stereocenters. The Balaban J connectivity index is 2.67. The van der Waals surface area contributed by atoms with E-state index in [1.165, 1.54) is 24.8 Å². The van der Waals surface area contributed by atoms with Gasteiger partial charge in [0, 0.05) is 22.3 Å². The van der Waals surface area contributed by atoms with E-state index >= 15 is 0 Å². The minimum absolute atomic E-state index is 0.0157. The summed E-state index contributed by atoms with van der Waals surface area (Å²) in [6.45, 7) is 3.40. The molecule has 0 bridgehead atoms. The number of fused-ring (bicyclic) bond motifs is 1. The fourth-order valence-corrected chi connectivity index (χ4v) is 4.06. The summed E-state index contributed by atoms with van der Waals surface area (Å²) >= 11 is 1.44. The maximum Gasteiger partial charge on any atom is 0.417 e. The van der Waals surface area contributed by atoms with Crippen LogP contribution in [0.15, 0.2) is 23.1 Å². The predicted molar refractivity (Wildman–Crippen MR) is 89.0 cm³/mol. The molecule has 4 nitrogen and oxygen atoms in total. The zero-order valence-electron chi connectivity index (χ0n) is 13.4. The van der Waals surface area contributed by atoms with Crippen molar-refractivity contribution in [3.8, 4) is 0 Å². The Morgan fingerprint density at radius 1 is 1.24 bits per heavy atom. The first-order valence-corrected chi connectivity index (χ1v) is 10.1. The average molecular weight is 399 g/mol. The smallest absolute Gasteiger partial charge is 0.383 e. The molecule has 0 radical (unpaired) electrons. The summed E-state index contributed by atoms with van der Waals surface area (Å²) in [5, 5.41) is 10.6. The van der Waals surface area contributed by atoms with Gasteiger partial charge in [0.2, 0.25) is 9.84 Å². The van der Waals surface area contributed by atoms with Gasteiger partial charge in [0.1, 0.15) is 5.60 Å². The Morgan fingerprint density at radius 2 is 1.88 bits per heavy atom. The molecule has 1 aromatic heterocycles. The van der Waals surface area contributed by atoms with E-state index in [0.717, 1.165) is 11.8 Å². The molecular formula is C15H17F4NO3S2. The molecule has 0 aliphatic carbocycles. The number of halogens is 4. The number of hydrogen-bond acceptors (Lipinski definition) is 4. The van der Waals surface area contributed by atoms with Crippen LogP contribution >= 0.6 is 11.8 Å². The third kappa shape index (κ3) is 4.12. The van der Waals surface area contributed by atoms with Crippen LogP contribution in [0.4, 0.5) is 17.6 Å². The minimum Gasteiger partial charge on any atom is -0.383 e. The van der Waals surface area contributed by atoms with E-state index in [1.54, 1.807) is 0 Å². The monoisotopic (exact) mass is 399 g/mol. The Kier molecular flexibility index (Phi) is 5.46. The number of hydrogen-bond donors (Lipinski definition) is 2. The molecule has 2 rings (SSSR count). The fourth-order valence-electron chi connectivity index (χ4n) is 2.37. The zero-order chi connectivity index (χ0) is 19.0. The van der Waals surface area contributed by atoms with Crippen LogP contribution in [0, 0.1) is 0 Å². The first-order chi connectivity index (χ1) is 11.4. The lowest BCUT2D eigenvalue weighted by molar-refractivity contribution is -0.139. The van der Waals surface area contributed by atoms with Gasteiger partial charge in [0.25, 0.3) is 0 Å². The lowest BCUT2D eigenvalue weighted by Crippen LogP contribution is -2.24. The van der Waals surface area contributed by atoms with Crippen LogP contribution < -0.4 is 0 Å². The quantitative estimate of drug-likeness (QED) is 0.724. The third-order valence-corrected chi connectivity index (χ3v) is 6.14. The number of aliphatic hydroxyl groups is 1. The van der Waals surface area contributed by atoms with Gasteiger partial charge >= 0.3 is 6.18 Å². The van der Waals surface area contributed by atoms with Crippen LogP contribution in [0.25, 0.3) is 10.9 Å². The van der Waals surface area contributed by atoms with Crippen LogP contribution in [0.5, 0.6) is 0 Å². The second-order valence-electron chi connectivity index (χ2n) is 5.75. The molecule has 0 aliphatic heterocycles. The van der Waals surface area contributed by atoms with Gasteiger partial charge in [-0.2, -0.15) is 24.9 Å². The molecule has 0 saturated heterocycles. The maximum atomic E-state index is 13.2. The summed E-state index contributed by atoms with van der Waals surface area (Å²) in [5.74, 6) is 1.05. The van der Waals surface area contributed by atoms with E-state index in [2.05, 4.69) is 4.98 Å². The first-order valence-electron chi connectivity index (χ1n) is 7.25. The van der Waals surface area contributed by atoms with Crippen LogP contribution in [-0.2, 0) is 21.6 Å². The molecule has 2 N–H and O–H groups in total. The molecule has 0 fully saturated rings. The summed E-state index contributed by atoms with van der Waals surface area (Å²) in [5.41, 5.74) is -2.50. The Bertz CT molecular complexity index is 873. The summed E-state index contributed by atoms with van der Waals surface area (Å²) in [6.07, 6.45) is -4.96. The van der Waals surface area contributed by atoms with E-state index in [4.69, 9.17) is 0 Å². The number of nitrogens with one attached hydrogen (secondary N) is 1. The number of thioether (sulfide) groups is 1. The molecule has 25 heavy (non-hydrogen) atoms. The number of aromatic amines is 1. The molecule has 1 heterocycles. The van der Waals surface area contributed by atoms with Gasteiger partial charge in [0.05, 0.1) is 10.5 Å². The van der Waals surface area contributed by atoms with E-state index in [-0.39, 0.29) is 16.6 Å². The molecule has 10 heteroatoms. The number of sulfone groups is 1. The maximum absolute atomic E-state index is 13.2. The Labute approximate surface area is 146 Å². The second kappa shape index (κ2) is 6.81. The van der Waals surface area contributed by atoms with E-state index in [9.17, 15) is 31.1 Å². The van der Waals surface area contributed by atoms with Crippen molar-refractivity contribution in [2.45, 2.75) is 30.5 Å². The van der Waals surface area contributed by atoms with Gasteiger partial charge in [0.15, 0.2) is 6.01 Å². The zero-order valence-corrected chi connectivity index (χ0v) is 15.1. The summed E-state index contributed by atoms with van der Waals surface area (Å²) in [6, 6.07) is 0.868. The predicted octanol–water partition coefficient (Wildman–Crippen LogP) is 3.85. The molecule has 1 atom stereocenters. The summed E-state index contributed by atoms with van der Waals surface area (Å²) < 4.78 is 75.8. The topological polar surface area (TPSA) is 70.2 Å². The normalized spacial score (nSPS) is 15.5. The average Bonchev–Trinajstić information content (AvgIpc) is 2.95. The van der Waals surface area contributed by atoms with Crippen molar-refractivity contribution in [2.24, 2.45) is 0 Å². The highest BCUT2D eigenvalue weighted by Crippen LogP contribution is 2.38. The van der Waals surface area contributed by atoms with E-state index in [1.807, 2.05) is 6.92 Å². The number of alkyl halides is 4. The number of benzene rings is 1. The second-order valence-corrected chi connectivity index (χ2v) is 8.91. The van der Waals surface area contributed by atoms with Crippen molar-refractivity contribution in [3.63, 3.8) is 0 Å². The van der Waals surface area contributed by atoms with Gasteiger partial charge < -0.3 is 10.1 Å². The molecule has 2 aromatic rings. The van der Waals surface area contributed by atoms with Crippen molar-refractivity contribution in [1.82, 2.24) is 4.98 Å². The van der Waals surface area contributed by atoms with E-state index in [0.29, 0.717) is 11.8 Å². The number of rotatable bonds is 6. The molecule has 0 saturated carbocycles. The van der Waals surface area contributed by atoms with Crippen LogP contribution in [0.3, 0.4) is 0 Å². The molecule has 1 aromatic carbocycles. The molecule has 0 amide bonds. The van der Waals surface area contributed by atoms with Crippen LogP contribution in [0.2, 0.25) is 0 Å². The Hall–Kier alpha value is -1.26. The van der Waals surface area contributed by atoms with Gasteiger partial charge in [-0.15, -0.1) is 0 Å². The van der Waals surface area contributed by atoms with Crippen molar-refractivity contribution in [2.75, 3.05) is 17.5 Å². The number of H-pyrrole nitrogens is 1. The van der Waals surface area contributed by atoms with E-state index < -0.39 is 38.1 Å². The van der Waals surface area contributed by atoms with Gasteiger partial charge in [-0.1, -0.05) is 6.92 Å². The molecular weight excluding hydrogens is 382 g/mol. The van der Waals surface area contributed by atoms with Gasteiger partial charge in [-0.25, -0.2) is 12.8 Å². The lowest BCUT2D eigenvalue weighted by Gasteiger charge is -2.21. The lowest BCUT2D eigenvalue weighted by atomic mass is 10.1. The van der Waals surface area contributed by atoms with Crippen LogP contribution in [-0.4, -0.2) is 36.0 Å². The van der Waals surface area contributed by atoms with Crippen LogP contribution in [0.1, 0.15) is 25.1 Å². The van der Waals surface area contributed by atoms with Gasteiger partial charge in [-0.3, -0.25) is 0 Å². The highest BCUT2D eigenvalue weighted by atomic mass is 32.2. The van der Waals surface area contributed by atoms with Crippen molar-refractivity contribution in [1.29, 1.82) is 0 Å². The fraction of sp³-hybridized carbons (Fsp3) is 0.467. The van der Waals surface area contributed by atoms with Crippen molar-refractivity contribution >= 4 is 32.5 Å². The minimum atomic E-state index is -4.96. The first kappa shape index (κ1) is 20.1. The molecule has 140 valence electrons. The highest BCUT2D eigenvalue weighted by molar-refractivity contribution is 7.99. The number of aromatic nitrogens is 1. The third-order valence-electron chi connectivity index (χ3n) is 3.67. The summed E-state index contributed by atoms with van der Waals surface area (Å²) in [7, 11) is -4.71. The van der Waals surface area contributed by atoms with Crippen molar-refractivity contribution in [3.05, 3.63) is 29.5 Å². The standard InChI is InChI=1S/C15H17F4NO3S2/c1-3-24-7-14(2,21)13-5-9-4-12(25(22,23)8-16)10(15(17,18)19)6-11(9)20-13/h4-6,20-21H,3,7-8H2,1-2H3. The SMILES string of the molecule is CCSCC(C)(O)c1cc2cc(S(=O)(=O)CF)c(C(F)(F)F)cc2[nH]1. The largest absolute Gasteiger partial charge is 0.417 e. The molecule has 0 spiro atoms. The highest BCUT2D eigenvalue weighted by Gasteiger charge is 2.38. The Morgan fingerprint density at radius 3 is 2.40 bits per heavy atom. The van der Waals surface area contributed by atoms with Gasteiger partial charge in [-0.05, 0) is 30.9 Å². The summed E-state index contributed by atoms with van der Waals surface area (Å²) in [4.78, 5) is 1.59. The van der Waals surface area contributed by atoms with Crippen molar-refractivity contribution < 1.29 is 31.1 Å². The molecule has 0 aliphatic rings.